The number of ether oxygens (including phenoxy) is 2. The van der Waals surface area contributed by atoms with E-state index in [1.165, 1.54) is 23.8 Å². The summed E-state index contributed by atoms with van der Waals surface area (Å²) in [6.07, 6.45) is 1.89. The Morgan fingerprint density at radius 2 is 1.80 bits per heavy atom. The van der Waals surface area contributed by atoms with Gasteiger partial charge in [-0.05, 0) is 79.5 Å². The lowest BCUT2D eigenvalue weighted by Crippen LogP contribution is -2.41. The monoisotopic (exact) mass is 509 g/mol. The Kier molecular flexibility index (Phi) is 8.07. The van der Waals surface area contributed by atoms with Crippen molar-refractivity contribution in [2.45, 2.75) is 29.8 Å². The van der Waals surface area contributed by atoms with Crippen LogP contribution in [0.2, 0.25) is 0 Å². The van der Waals surface area contributed by atoms with E-state index < -0.39 is 11.4 Å². The Bertz CT molecular complexity index is 1060. The highest BCUT2D eigenvalue weighted by atomic mass is 32.2. The van der Waals surface area contributed by atoms with Crippen LogP contribution in [0.1, 0.15) is 28.8 Å². The van der Waals surface area contributed by atoms with Gasteiger partial charge in [0.1, 0.15) is 0 Å². The number of amides is 2. The van der Waals surface area contributed by atoms with Gasteiger partial charge in [0.15, 0.2) is 11.5 Å². The molecule has 2 heterocycles. The summed E-state index contributed by atoms with van der Waals surface area (Å²) in [5.41, 5.74) is -3.20. The van der Waals surface area contributed by atoms with E-state index in [1.807, 2.05) is 18.2 Å². The number of rotatable bonds is 8. The molecule has 0 unspecified atom stereocenters. The lowest BCUT2D eigenvalue weighted by molar-refractivity contribution is -0.120. The van der Waals surface area contributed by atoms with Crippen molar-refractivity contribution in [1.82, 2.24) is 15.5 Å². The number of hydrogen-bond donors (Lipinski definition) is 2. The van der Waals surface area contributed by atoms with Crippen molar-refractivity contribution >= 4 is 23.6 Å². The maximum atomic E-state index is 12.5. The van der Waals surface area contributed by atoms with Gasteiger partial charge in [0, 0.05) is 23.5 Å². The summed E-state index contributed by atoms with van der Waals surface area (Å²) in [6, 6.07) is 11.2. The van der Waals surface area contributed by atoms with Gasteiger partial charge >= 0.3 is 5.51 Å². The van der Waals surface area contributed by atoms with E-state index in [4.69, 9.17) is 9.47 Å². The van der Waals surface area contributed by atoms with Gasteiger partial charge in [0.05, 0.1) is 6.54 Å². The number of halogens is 3. The molecule has 188 valence electrons. The number of thioether (sulfide) groups is 1. The number of fused-ring (bicyclic) bond motifs is 1. The number of likely N-dealkylation sites (tertiary alicyclic amines) is 1. The molecule has 2 aliphatic rings. The third-order valence-corrected chi connectivity index (χ3v) is 6.60. The molecule has 0 radical (unpaired) electrons. The van der Waals surface area contributed by atoms with Gasteiger partial charge < -0.3 is 20.1 Å². The lowest BCUT2D eigenvalue weighted by atomic mass is 9.96. The summed E-state index contributed by atoms with van der Waals surface area (Å²) >= 11 is -0.288. The second-order valence-electron chi connectivity index (χ2n) is 8.47. The van der Waals surface area contributed by atoms with Crippen LogP contribution in [-0.4, -0.2) is 55.2 Å². The topological polar surface area (TPSA) is 79.9 Å². The van der Waals surface area contributed by atoms with Crippen molar-refractivity contribution in [3.8, 4) is 11.5 Å². The standard InChI is InChI=1S/C24H26F3N3O4S/c25-24(26,27)35-19-3-1-2-18(11-19)23(32)29-13-22(31)28-12-16-6-8-30(9-7-16)14-17-4-5-20-21(10-17)34-15-33-20/h1-5,10-11,16H,6-9,12-15H2,(H,28,31)(H,29,32). The van der Waals surface area contributed by atoms with Crippen molar-refractivity contribution in [2.24, 2.45) is 5.92 Å². The van der Waals surface area contributed by atoms with Gasteiger partial charge in [0.2, 0.25) is 12.7 Å². The summed E-state index contributed by atoms with van der Waals surface area (Å²) in [4.78, 5) is 26.7. The first kappa shape index (κ1) is 25.2. The van der Waals surface area contributed by atoms with Crippen molar-refractivity contribution < 1.29 is 32.2 Å². The number of hydrogen-bond acceptors (Lipinski definition) is 6. The minimum atomic E-state index is -4.43. The molecular weight excluding hydrogens is 483 g/mol. The molecule has 1 saturated heterocycles. The van der Waals surface area contributed by atoms with Gasteiger partial charge in [0.25, 0.3) is 5.91 Å². The zero-order valence-electron chi connectivity index (χ0n) is 18.9. The normalized spacial score (nSPS) is 16.2. The maximum absolute atomic E-state index is 12.5. The minimum absolute atomic E-state index is 0.0712. The molecule has 2 aliphatic heterocycles. The first-order valence-electron chi connectivity index (χ1n) is 11.3. The highest BCUT2D eigenvalue weighted by Crippen LogP contribution is 2.37. The second kappa shape index (κ2) is 11.2. The summed E-state index contributed by atoms with van der Waals surface area (Å²) in [5.74, 6) is 0.968. The predicted molar refractivity (Wildman–Crippen MR) is 124 cm³/mol. The first-order chi connectivity index (χ1) is 16.7. The third-order valence-electron chi connectivity index (χ3n) is 5.88. The molecule has 0 aliphatic carbocycles. The Morgan fingerprint density at radius 3 is 2.57 bits per heavy atom. The fraction of sp³-hybridized carbons (Fsp3) is 0.417. The number of piperidine rings is 1. The lowest BCUT2D eigenvalue weighted by Gasteiger charge is -2.32. The van der Waals surface area contributed by atoms with E-state index in [2.05, 4.69) is 15.5 Å². The largest absolute Gasteiger partial charge is 0.454 e. The molecule has 2 N–H and O–H groups in total. The number of nitrogens with zero attached hydrogens (tertiary/aromatic N) is 1. The van der Waals surface area contributed by atoms with Crippen LogP contribution in [0.4, 0.5) is 13.2 Å². The van der Waals surface area contributed by atoms with Crippen LogP contribution in [0.15, 0.2) is 47.4 Å². The van der Waals surface area contributed by atoms with E-state index in [0.29, 0.717) is 12.5 Å². The van der Waals surface area contributed by atoms with Crippen LogP contribution >= 0.6 is 11.8 Å². The zero-order valence-corrected chi connectivity index (χ0v) is 19.7. The summed E-state index contributed by atoms with van der Waals surface area (Å²) in [7, 11) is 0. The third kappa shape index (κ3) is 7.53. The molecular formula is C24H26F3N3O4S. The first-order valence-corrected chi connectivity index (χ1v) is 12.1. The number of carbonyl (C=O) groups excluding carboxylic acids is 2. The van der Waals surface area contributed by atoms with E-state index in [1.54, 1.807) is 0 Å². The molecule has 0 aromatic heterocycles. The molecule has 0 bridgehead atoms. The van der Waals surface area contributed by atoms with Crippen LogP contribution in [0.25, 0.3) is 0 Å². The zero-order chi connectivity index (χ0) is 24.8. The highest BCUT2D eigenvalue weighted by molar-refractivity contribution is 8.00. The van der Waals surface area contributed by atoms with E-state index in [9.17, 15) is 22.8 Å². The van der Waals surface area contributed by atoms with E-state index in [0.717, 1.165) is 50.0 Å². The molecule has 4 rings (SSSR count). The number of benzene rings is 2. The molecule has 0 spiro atoms. The van der Waals surface area contributed by atoms with Crippen LogP contribution in [0.3, 0.4) is 0 Å². The van der Waals surface area contributed by atoms with Gasteiger partial charge in [-0.1, -0.05) is 12.1 Å². The van der Waals surface area contributed by atoms with Crippen molar-refractivity contribution in [1.29, 1.82) is 0 Å². The average Bonchev–Trinajstić information content (AvgIpc) is 3.29. The SMILES string of the molecule is O=C(CNC(=O)c1cccc(SC(F)(F)F)c1)NCC1CCN(Cc2ccc3c(c2)OCO3)CC1. The van der Waals surface area contributed by atoms with Gasteiger partial charge in [-0.15, -0.1) is 0 Å². The molecule has 0 saturated carbocycles. The Hall–Kier alpha value is -2.92. The molecule has 0 atom stereocenters. The highest BCUT2D eigenvalue weighted by Gasteiger charge is 2.29. The number of nitrogens with one attached hydrogen (secondary N) is 2. The molecule has 35 heavy (non-hydrogen) atoms. The number of alkyl halides is 3. The van der Waals surface area contributed by atoms with E-state index in [-0.39, 0.29) is 41.5 Å². The summed E-state index contributed by atoms with van der Waals surface area (Å²) in [5, 5.41) is 5.30. The Morgan fingerprint density at radius 1 is 1.03 bits per heavy atom. The van der Waals surface area contributed by atoms with Gasteiger partial charge in [-0.3, -0.25) is 14.5 Å². The quantitative estimate of drug-likeness (QED) is 0.528. The van der Waals surface area contributed by atoms with E-state index >= 15 is 0 Å². The average molecular weight is 510 g/mol. The fourth-order valence-corrected chi connectivity index (χ4v) is 4.66. The molecule has 11 heteroatoms. The van der Waals surface area contributed by atoms with Gasteiger partial charge in [-0.2, -0.15) is 13.2 Å². The van der Waals surface area contributed by atoms with Crippen molar-refractivity contribution in [2.75, 3.05) is 33.0 Å². The van der Waals surface area contributed by atoms with Crippen molar-refractivity contribution in [3.05, 3.63) is 53.6 Å². The molecule has 2 aromatic carbocycles. The predicted octanol–water partition coefficient (Wildman–Crippen LogP) is 3.79. The molecule has 1 fully saturated rings. The van der Waals surface area contributed by atoms with Gasteiger partial charge in [-0.25, -0.2) is 0 Å². The molecule has 2 aromatic rings. The summed E-state index contributed by atoms with van der Waals surface area (Å²) < 4.78 is 48.4. The maximum Gasteiger partial charge on any atom is 0.446 e. The summed E-state index contributed by atoms with van der Waals surface area (Å²) in [6.45, 7) is 3.19. The van der Waals surface area contributed by atoms with Crippen LogP contribution < -0.4 is 20.1 Å². The van der Waals surface area contributed by atoms with Crippen LogP contribution in [-0.2, 0) is 11.3 Å². The second-order valence-corrected chi connectivity index (χ2v) is 9.61. The Labute approximate surface area is 205 Å². The number of carbonyl (C=O) groups is 2. The Balaban J connectivity index is 1.14. The molecule has 2 amide bonds. The minimum Gasteiger partial charge on any atom is -0.454 e. The van der Waals surface area contributed by atoms with Crippen molar-refractivity contribution in [3.63, 3.8) is 0 Å². The van der Waals surface area contributed by atoms with Crippen LogP contribution in [0, 0.1) is 5.92 Å². The fourth-order valence-electron chi connectivity index (χ4n) is 4.06. The van der Waals surface area contributed by atoms with Crippen LogP contribution in [0.5, 0.6) is 11.5 Å². The molecule has 7 nitrogen and oxygen atoms in total. The smallest absolute Gasteiger partial charge is 0.446 e.